The number of carbonyl (C=O) groups is 1. The lowest BCUT2D eigenvalue weighted by atomic mass is 9.71. The van der Waals surface area contributed by atoms with Gasteiger partial charge in [0.2, 0.25) is 5.91 Å². The molecule has 1 fully saturated rings. The summed E-state index contributed by atoms with van der Waals surface area (Å²) in [6, 6.07) is 7.63. The molecule has 0 saturated heterocycles. The molecule has 19 heavy (non-hydrogen) atoms. The zero-order valence-electron chi connectivity index (χ0n) is 11.4. The number of halogens is 1. The molecule has 0 heterocycles. The largest absolute Gasteiger partial charge is 0.390 e. The highest BCUT2D eigenvalue weighted by molar-refractivity contribution is 6.31. The third kappa shape index (κ3) is 3.28. The van der Waals surface area contributed by atoms with Gasteiger partial charge < -0.3 is 10.4 Å². The molecule has 104 valence electrons. The van der Waals surface area contributed by atoms with Crippen LogP contribution < -0.4 is 5.32 Å². The quantitative estimate of drug-likeness (QED) is 0.891. The lowest BCUT2D eigenvalue weighted by Crippen LogP contribution is -2.52. The van der Waals surface area contributed by atoms with Crippen LogP contribution in [0.3, 0.4) is 0 Å². The van der Waals surface area contributed by atoms with Crippen LogP contribution in [0.2, 0.25) is 5.02 Å². The first kappa shape index (κ1) is 14.4. The van der Waals surface area contributed by atoms with Crippen LogP contribution in [0.4, 0.5) is 0 Å². The Morgan fingerprint density at radius 1 is 1.42 bits per heavy atom. The Labute approximate surface area is 119 Å². The number of benzene rings is 1. The van der Waals surface area contributed by atoms with Gasteiger partial charge in [0.05, 0.1) is 17.6 Å². The summed E-state index contributed by atoms with van der Waals surface area (Å²) in [5.74, 6) is -0.132. The minimum absolute atomic E-state index is 0.0964. The Morgan fingerprint density at radius 3 is 2.53 bits per heavy atom. The fourth-order valence-corrected chi connectivity index (χ4v) is 2.86. The molecule has 0 spiro atoms. The molecule has 1 aromatic rings. The van der Waals surface area contributed by atoms with Crippen molar-refractivity contribution < 1.29 is 9.90 Å². The van der Waals surface area contributed by atoms with Crippen LogP contribution in [0.1, 0.15) is 45.1 Å². The Bertz CT molecular complexity index is 475. The van der Waals surface area contributed by atoms with Gasteiger partial charge >= 0.3 is 0 Å². The van der Waals surface area contributed by atoms with E-state index in [9.17, 15) is 9.90 Å². The van der Waals surface area contributed by atoms with Crippen molar-refractivity contribution in [3.05, 3.63) is 34.9 Å². The van der Waals surface area contributed by atoms with Crippen LogP contribution >= 0.6 is 11.6 Å². The molecule has 1 aliphatic rings. The smallest absolute Gasteiger partial charge is 0.223 e. The van der Waals surface area contributed by atoms with E-state index >= 15 is 0 Å². The van der Waals surface area contributed by atoms with E-state index in [1.165, 1.54) is 0 Å². The summed E-state index contributed by atoms with van der Waals surface area (Å²) < 4.78 is 0. The first-order chi connectivity index (χ1) is 8.82. The van der Waals surface area contributed by atoms with Crippen molar-refractivity contribution >= 4 is 17.5 Å². The van der Waals surface area contributed by atoms with Crippen LogP contribution in [0.5, 0.6) is 0 Å². The van der Waals surface area contributed by atoms with Crippen LogP contribution in [0.25, 0.3) is 0 Å². The van der Waals surface area contributed by atoms with Crippen LogP contribution in [-0.2, 0) is 10.3 Å². The van der Waals surface area contributed by atoms with Gasteiger partial charge in [-0.2, -0.15) is 0 Å². The zero-order valence-corrected chi connectivity index (χ0v) is 12.1. The van der Waals surface area contributed by atoms with Crippen molar-refractivity contribution in [3.63, 3.8) is 0 Å². The van der Waals surface area contributed by atoms with E-state index < -0.39 is 5.60 Å². The van der Waals surface area contributed by atoms with Crippen LogP contribution in [-0.4, -0.2) is 16.6 Å². The average Bonchev–Trinajstić information content (AvgIpc) is 2.22. The highest BCUT2D eigenvalue weighted by atomic mass is 35.5. The fraction of sp³-hybridized carbons (Fsp3) is 0.533. The maximum Gasteiger partial charge on any atom is 0.223 e. The Hall–Kier alpha value is -1.06. The normalized spacial score (nSPS) is 17.7. The molecule has 4 heteroatoms. The first-order valence-corrected chi connectivity index (χ1v) is 6.99. The highest BCUT2D eigenvalue weighted by Gasteiger charge is 2.41. The first-order valence-electron chi connectivity index (χ1n) is 6.61. The Kier molecular flexibility index (Phi) is 3.88. The fourth-order valence-electron chi connectivity index (χ4n) is 2.55. The van der Waals surface area contributed by atoms with E-state index in [0.717, 1.165) is 24.8 Å². The molecule has 0 atom stereocenters. The molecular weight excluding hydrogens is 262 g/mol. The molecule has 2 N–H and O–H groups in total. The van der Waals surface area contributed by atoms with Crippen molar-refractivity contribution in [2.75, 3.05) is 0 Å². The van der Waals surface area contributed by atoms with Crippen molar-refractivity contribution in [1.29, 1.82) is 0 Å². The van der Waals surface area contributed by atoms with Gasteiger partial charge in [-0.3, -0.25) is 4.79 Å². The summed E-state index contributed by atoms with van der Waals surface area (Å²) in [5.41, 5.74) is -0.358. The zero-order chi connectivity index (χ0) is 14.1. The third-order valence-corrected chi connectivity index (χ3v) is 3.90. The van der Waals surface area contributed by atoms with Crippen molar-refractivity contribution in [1.82, 2.24) is 5.32 Å². The SMILES string of the molecule is CC(C)(O)CC(=O)NC1(c2ccccc2Cl)CCC1. The standard InChI is InChI=1S/C15H20ClNO2/c1-14(2,19)10-13(18)17-15(8-5-9-15)11-6-3-4-7-12(11)16/h3-4,6-7,19H,5,8-10H2,1-2H3,(H,17,18). The van der Waals surface area contributed by atoms with Crippen LogP contribution in [0.15, 0.2) is 24.3 Å². The van der Waals surface area contributed by atoms with Crippen molar-refractivity contribution in [2.24, 2.45) is 0 Å². The van der Waals surface area contributed by atoms with Gasteiger partial charge in [0.25, 0.3) is 0 Å². The number of nitrogens with one attached hydrogen (secondary N) is 1. The molecule has 3 nitrogen and oxygen atoms in total. The van der Waals surface area contributed by atoms with Gasteiger partial charge in [0.1, 0.15) is 0 Å². The Balaban J connectivity index is 2.16. The molecule has 0 bridgehead atoms. The van der Waals surface area contributed by atoms with Gasteiger partial charge in [-0.1, -0.05) is 29.8 Å². The van der Waals surface area contributed by atoms with Crippen molar-refractivity contribution in [2.45, 2.75) is 50.7 Å². The lowest BCUT2D eigenvalue weighted by molar-refractivity contribution is -0.128. The second-order valence-corrected chi connectivity index (χ2v) is 6.36. The van der Waals surface area contributed by atoms with E-state index in [2.05, 4.69) is 5.32 Å². The molecule has 0 unspecified atom stereocenters. The molecule has 1 amide bonds. The summed E-state index contributed by atoms with van der Waals surface area (Å²) in [7, 11) is 0. The summed E-state index contributed by atoms with van der Waals surface area (Å²) in [6.45, 7) is 3.27. The van der Waals surface area contributed by atoms with E-state index in [4.69, 9.17) is 11.6 Å². The van der Waals surface area contributed by atoms with Gasteiger partial charge in [-0.05, 0) is 44.7 Å². The van der Waals surface area contributed by atoms with Gasteiger partial charge in [0, 0.05) is 5.02 Å². The third-order valence-electron chi connectivity index (χ3n) is 3.57. The maximum atomic E-state index is 12.0. The monoisotopic (exact) mass is 281 g/mol. The minimum Gasteiger partial charge on any atom is -0.390 e. The van der Waals surface area contributed by atoms with E-state index in [1.54, 1.807) is 13.8 Å². The summed E-state index contributed by atoms with van der Waals surface area (Å²) in [4.78, 5) is 12.0. The van der Waals surface area contributed by atoms with Crippen LogP contribution in [0, 0.1) is 0 Å². The molecule has 0 radical (unpaired) electrons. The predicted molar refractivity (Wildman–Crippen MR) is 76.0 cm³/mol. The number of hydrogen-bond donors (Lipinski definition) is 2. The molecule has 1 saturated carbocycles. The number of amides is 1. The lowest BCUT2D eigenvalue weighted by Gasteiger charge is -2.44. The van der Waals surface area contributed by atoms with Crippen molar-refractivity contribution in [3.8, 4) is 0 Å². The molecular formula is C15H20ClNO2. The number of rotatable bonds is 4. The summed E-state index contributed by atoms with van der Waals surface area (Å²) in [5, 5.41) is 13.5. The molecule has 1 aromatic carbocycles. The molecule has 1 aliphatic carbocycles. The van der Waals surface area contributed by atoms with Gasteiger partial charge in [-0.25, -0.2) is 0 Å². The maximum absolute atomic E-state index is 12.0. The molecule has 2 rings (SSSR count). The average molecular weight is 282 g/mol. The summed E-state index contributed by atoms with van der Waals surface area (Å²) >= 11 is 6.24. The van der Waals surface area contributed by atoms with E-state index in [0.29, 0.717) is 5.02 Å². The second kappa shape index (κ2) is 5.14. The Morgan fingerprint density at radius 2 is 2.05 bits per heavy atom. The number of hydrogen-bond acceptors (Lipinski definition) is 2. The highest BCUT2D eigenvalue weighted by Crippen LogP contribution is 2.44. The topological polar surface area (TPSA) is 49.3 Å². The number of carbonyl (C=O) groups excluding carboxylic acids is 1. The second-order valence-electron chi connectivity index (χ2n) is 5.95. The van der Waals surface area contributed by atoms with Gasteiger partial charge in [0.15, 0.2) is 0 Å². The van der Waals surface area contributed by atoms with Gasteiger partial charge in [-0.15, -0.1) is 0 Å². The molecule has 0 aromatic heterocycles. The summed E-state index contributed by atoms with van der Waals surface area (Å²) in [6.07, 6.45) is 2.97. The molecule has 0 aliphatic heterocycles. The number of aliphatic hydroxyl groups is 1. The predicted octanol–water partition coefficient (Wildman–Crippen LogP) is 3.00. The van der Waals surface area contributed by atoms with E-state index in [1.807, 2.05) is 24.3 Å². The minimum atomic E-state index is -0.991. The van der Waals surface area contributed by atoms with E-state index in [-0.39, 0.29) is 17.9 Å².